The number of hydrogen-bond acceptors (Lipinski definition) is 4. The van der Waals surface area contributed by atoms with Crippen LogP contribution in [0.4, 0.5) is 5.69 Å². The molecule has 0 saturated heterocycles. The first kappa shape index (κ1) is 29.4. The van der Waals surface area contributed by atoms with Crippen molar-refractivity contribution in [1.82, 2.24) is 10.2 Å². The second kappa shape index (κ2) is 13.4. The topological polar surface area (TPSA) is 86.8 Å². The molecular formula is C28H41N3O4S. The number of aryl methyl sites for hydroxylation is 2. The highest BCUT2D eigenvalue weighted by Crippen LogP contribution is 2.20. The molecule has 0 fully saturated rings. The molecule has 0 heterocycles. The van der Waals surface area contributed by atoms with Crippen molar-refractivity contribution in [2.45, 2.75) is 78.9 Å². The molecule has 0 bridgehead atoms. The summed E-state index contributed by atoms with van der Waals surface area (Å²) in [5.74, 6) is -0.378. The number of anilines is 1. The molecule has 2 amide bonds. The standard InChI is InChI=1S/C28H41N3O4S/c1-7-22(4)29-28(33)23(5)30(20-25-12-9-11-21(3)19-25)27(32)13-10-18-31(36(6,34)35)26-16-14-24(8-2)15-17-26/h9,11-12,14-17,19,22-23H,7-8,10,13,18,20H2,1-6H3,(H,29,33)/t22-,23+/m1/s1. The first-order chi connectivity index (χ1) is 17.0. The molecular weight excluding hydrogens is 474 g/mol. The van der Waals surface area contributed by atoms with Gasteiger partial charge in [0.05, 0.1) is 11.9 Å². The summed E-state index contributed by atoms with van der Waals surface area (Å²) in [6, 6.07) is 14.7. The highest BCUT2D eigenvalue weighted by atomic mass is 32.2. The number of nitrogens with zero attached hydrogens (tertiary/aromatic N) is 2. The fourth-order valence-corrected chi connectivity index (χ4v) is 4.92. The molecule has 2 aromatic rings. The highest BCUT2D eigenvalue weighted by molar-refractivity contribution is 7.92. The van der Waals surface area contributed by atoms with Crippen molar-refractivity contribution in [2.24, 2.45) is 0 Å². The number of hydrogen-bond donors (Lipinski definition) is 1. The van der Waals surface area contributed by atoms with E-state index in [4.69, 9.17) is 0 Å². The molecule has 0 aliphatic rings. The van der Waals surface area contributed by atoms with Gasteiger partial charge in [0.15, 0.2) is 0 Å². The maximum absolute atomic E-state index is 13.4. The highest BCUT2D eigenvalue weighted by Gasteiger charge is 2.27. The van der Waals surface area contributed by atoms with Gasteiger partial charge in [-0.25, -0.2) is 8.42 Å². The molecule has 2 rings (SSSR count). The molecule has 0 aliphatic heterocycles. The Morgan fingerprint density at radius 3 is 2.22 bits per heavy atom. The summed E-state index contributed by atoms with van der Waals surface area (Å²) in [5.41, 5.74) is 3.73. The van der Waals surface area contributed by atoms with Crippen LogP contribution in [-0.4, -0.2) is 50.0 Å². The van der Waals surface area contributed by atoms with E-state index in [1.54, 1.807) is 24.0 Å². The van der Waals surface area contributed by atoms with E-state index in [1.165, 1.54) is 10.6 Å². The SMILES string of the molecule is CCc1ccc(N(CCCC(=O)N(Cc2cccc(C)c2)[C@@H](C)C(=O)N[C@H](C)CC)S(C)(=O)=O)cc1. The van der Waals surface area contributed by atoms with Gasteiger partial charge in [0, 0.05) is 25.6 Å². The van der Waals surface area contributed by atoms with Crippen LogP contribution in [-0.2, 0) is 32.6 Å². The Hall–Kier alpha value is -2.87. The van der Waals surface area contributed by atoms with E-state index in [0.29, 0.717) is 18.7 Å². The molecule has 198 valence electrons. The van der Waals surface area contributed by atoms with Crippen molar-refractivity contribution < 1.29 is 18.0 Å². The fraction of sp³-hybridized carbons (Fsp3) is 0.500. The lowest BCUT2D eigenvalue weighted by Gasteiger charge is -2.30. The summed E-state index contributed by atoms with van der Waals surface area (Å²) in [6.45, 7) is 10.2. The Morgan fingerprint density at radius 1 is 1.00 bits per heavy atom. The van der Waals surface area contributed by atoms with Crippen LogP contribution < -0.4 is 9.62 Å². The van der Waals surface area contributed by atoms with Gasteiger partial charge in [0.2, 0.25) is 21.8 Å². The van der Waals surface area contributed by atoms with E-state index in [9.17, 15) is 18.0 Å². The Kier molecular flexibility index (Phi) is 11.0. The van der Waals surface area contributed by atoms with Gasteiger partial charge in [0.25, 0.3) is 0 Å². The quantitative estimate of drug-likeness (QED) is 0.427. The van der Waals surface area contributed by atoms with Gasteiger partial charge in [-0.3, -0.25) is 13.9 Å². The summed E-state index contributed by atoms with van der Waals surface area (Å²) in [6.07, 6.45) is 3.31. The number of nitrogens with one attached hydrogen (secondary N) is 1. The third-order valence-electron chi connectivity index (χ3n) is 6.39. The predicted octanol–water partition coefficient (Wildman–Crippen LogP) is 4.44. The van der Waals surface area contributed by atoms with Crippen LogP contribution in [0.15, 0.2) is 48.5 Å². The minimum absolute atomic E-state index is 0.0123. The molecule has 2 atom stereocenters. The molecule has 0 aromatic heterocycles. The van der Waals surface area contributed by atoms with Crippen molar-refractivity contribution in [1.29, 1.82) is 0 Å². The van der Waals surface area contributed by atoms with Crippen LogP contribution >= 0.6 is 0 Å². The number of amides is 2. The summed E-state index contributed by atoms with van der Waals surface area (Å²) in [4.78, 5) is 27.8. The minimum Gasteiger partial charge on any atom is -0.352 e. The van der Waals surface area contributed by atoms with Crippen molar-refractivity contribution in [3.63, 3.8) is 0 Å². The van der Waals surface area contributed by atoms with Gasteiger partial charge in [-0.1, -0.05) is 55.8 Å². The number of sulfonamides is 1. The maximum Gasteiger partial charge on any atom is 0.242 e. The molecule has 8 heteroatoms. The largest absolute Gasteiger partial charge is 0.352 e. The monoisotopic (exact) mass is 515 g/mol. The van der Waals surface area contributed by atoms with Gasteiger partial charge in [-0.2, -0.15) is 0 Å². The zero-order valence-electron chi connectivity index (χ0n) is 22.5. The summed E-state index contributed by atoms with van der Waals surface area (Å²) in [5, 5.41) is 2.97. The number of carbonyl (C=O) groups is 2. The summed E-state index contributed by atoms with van der Waals surface area (Å²) in [7, 11) is -3.51. The third kappa shape index (κ3) is 8.66. The first-order valence-corrected chi connectivity index (χ1v) is 14.5. The van der Waals surface area contributed by atoms with E-state index in [2.05, 4.69) is 5.32 Å². The van der Waals surface area contributed by atoms with Crippen molar-refractivity contribution in [3.8, 4) is 0 Å². The molecule has 36 heavy (non-hydrogen) atoms. The molecule has 0 unspecified atom stereocenters. The van der Waals surface area contributed by atoms with Gasteiger partial charge in [-0.05, 0) is 63.3 Å². The Balaban J connectivity index is 2.17. The van der Waals surface area contributed by atoms with E-state index >= 15 is 0 Å². The molecule has 0 saturated carbocycles. The first-order valence-electron chi connectivity index (χ1n) is 12.7. The Bertz CT molecular complexity index is 1120. The molecule has 0 aliphatic carbocycles. The average molecular weight is 516 g/mol. The zero-order valence-corrected chi connectivity index (χ0v) is 23.3. The summed E-state index contributed by atoms with van der Waals surface area (Å²) < 4.78 is 26.3. The summed E-state index contributed by atoms with van der Waals surface area (Å²) >= 11 is 0. The van der Waals surface area contributed by atoms with Gasteiger partial charge in [-0.15, -0.1) is 0 Å². The number of rotatable bonds is 13. The molecule has 0 radical (unpaired) electrons. The fourth-order valence-electron chi connectivity index (χ4n) is 3.96. The minimum atomic E-state index is -3.51. The third-order valence-corrected chi connectivity index (χ3v) is 7.58. The Morgan fingerprint density at radius 2 is 1.67 bits per heavy atom. The van der Waals surface area contributed by atoms with E-state index < -0.39 is 16.1 Å². The molecule has 7 nitrogen and oxygen atoms in total. The average Bonchev–Trinajstić information content (AvgIpc) is 2.83. The lowest BCUT2D eigenvalue weighted by molar-refractivity contribution is -0.140. The second-order valence-electron chi connectivity index (χ2n) is 9.46. The van der Waals surface area contributed by atoms with Gasteiger partial charge >= 0.3 is 0 Å². The van der Waals surface area contributed by atoms with Crippen molar-refractivity contribution in [3.05, 3.63) is 65.2 Å². The van der Waals surface area contributed by atoms with E-state index in [1.807, 2.05) is 64.1 Å². The number of benzene rings is 2. The maximum atomic E-state index is 13.4. The van der Waals surface area contributed by atoms with Crippen molar-refractivity contribution in [2.75, 3.05) is 17.1 Å². The van der Waals surface area contributed by atoms with Crippen LogP contribution in [0.5, 0.6) is 0 Å². The van der Waals surface area contributed by atoms with Gasteiger partial charge in [0.1, 0.15) is 6.04 Å². The predicted molar refractivity (Wildman–Crippen MR) is 146 cm³/mol. The number of carbonyl (C=O) groups excluding carboxylic acids is 2. The smallest absolute Gasteiger partial charge is 0.242 e. The molecule has 1 N–H and O–H groups in total. The molecule has 2 aromatic carbocycles. The lowest BCUT2D eigenvalue weighted by atomic mass is 10.1. The van der Waals surface area contributed by atoms with Crippen LogP contribution in [0.2, 0.25) is 0 Å². The normalized spacial score (nSPS) is 13.1. The van der Waals surface area contributed by atoms with Crippen LogP contribution in [0.25, 0.3) is 0 Å². The second-order valence-corrected chi connectivity index (χ2v) is 11.4. The zero-order chi connectivity index (χ0) is 26.9. The Labute approximate surface area is 216 Å². The van der Waals surface area contributed by atoms with Crippen molar-refractivity contribution >= 4 is 27.5 Å². The van der Waals surface area contributed by atoms with E-state index in [0.717, 1.165) is 29.5 Å². The van der Waals surface area contributed by atoms with Crippen LogP contribution in [0, 0.1) is 6.92 Å². The van der Waals surface area contributed by atoms with Crippen LogP contribution in [0.3, 0.4) is 0 Å². The lowest BCUT2D eigenvalue weighted by Crippen LogP contribution is -2.49. The van der Waals surface area contributed by atoms with E-state index in [-0.39, 0.29) is 30.8 Å². The van der Waals surface area contributed by atoms with Crippen LogP contribution in [0.1, 0.15) is 63.6 Å². The van der Waals surface area contributed by atoms with Gasteiger partial charge < -0.3 is 10.2 Å². The molecule has 0 spiro atoms.